The van der Waals surface area contributed by atoms with E-state index in [1.54, 1.807) is 0 Å². The molecule has 0 saturated heterocycles. The molecule has 0 aliphatic heterocycles. The van der Waals surface area contributed by atoms with Crippen LogP contribution in [0.25, 0.3) is 0 Å². The second-order valence-corrected chi connectivity index (χ2v) is 2.31. The van der Waals surface area contributed by atoms with Crippen molar-refractivity contribution in [3.63, 3.8) is 0 Å². The number of nitrogens with zero attached hydrogens (tertiary/aromatic N) is 2. The molecule has 0 aliphatic carbocycles. The fourth-order valence-corrected chi connectivity index (χ4v) is 0.769. The van der Waals surface area contributed by atoms with Gasteiger partial charge in [-0.1, -0.05) is 5.10 Å². The Kier molecular flexibility index (Phi) is 1.51. The highest BCUT2D eigenvalue weighted by Gasteiger charge is 2.35. The molecule has 10 heavy (non-hydrogen) atoms. The van der Waals surface area contributed by atoms with E-state index in [1.165, 1.54) is 0 Å². The Bertz CT molecular complexity index is 232. The van der Waals surface area contributed by atoms with Gasteiger partial charge in [0.05, 0.1) is 0 Å². The van der Waals surface area contributed by atoms with Crippen molar-refractivity contribution >= 4 is 11.3 Å². The number of hydrogen-bond acceptors (Lipinski definition) is 3. The normalized spacial score (nSPS) is 11.9. The topological polar surface area (TPSA) is 45.7 Å². The highest BCUT2D eigenvalue weighted by molar-refractivity contribution is 7.13. The van der Waals surface area contributed by atoms with Crippen LogP contribution in [0.3, 0.4) is 0 Å². The van der Waals surface area contributed by atoms with Crippen LogP contribution >= 0.6 is 11.3 Å². The van der Waals surface area contributed by atoms with E-state index < -0.39 is 16.4 Å². The van der Waals surface area contributed by atoms with Gasteiger partial charge in [0.15, 0.2) is 0 Å². The average molecular weight is 169 g/mol. The van der Waals surface area contributed by atoms with Crippen LogP contribution in [-0.2, 0) is 11.3 Å². The summed E-state index contributed by atoms with van der Waals surface area (Å²) in [5.41, 5.74) is 0. The lowest BCUT2D eigenvalue weighted by atomic mass is 10.7. The Hall–Kier alpha value is -0.850. The summed E-state index contributed by atoms with van der Waals surface area (Å²) in [7, 11) is 0. The summed E-state index contributed by atoms with van der Waals surface area (Å²) in [4.78, 5) is 0. The summed E-state index contributed by atoms with van der Waals surface area (Å²) in [6.45, 7) is 0. The van der Waals surface area contributed by atoms with Crippen LogP contribution in [0.15, 0.2) is 0 Å². The lowest BCUT2D eigenvalue weighted by Crippen LogP contribution is -2.03. The van der Waals surface area contributed by atoms with Crippen molar-refractivity contribution in [2.75, 3.05) is 0 Å². The van der Waals surface area contributed by atoms with Crippen LogP contribution in [0.5, 0.6) is 5.19 Å². The maximum atomic E-state index is 11.6. The highest BCUT2D eigenvalue weighted by Crippen LogP contribution is 2.33. The molecule has 1 rings (SSSR count). The minimum atomic E-state index is -4.54. The summed E-state index contributed by atoms with van der Waals surface area (Å²) in [6.07, 6.45) is -4.54. The fraction of sp³-hybridized carbons (Fsp3) is 0.333. The number of alkyl halides is 3. The van der Waals surface area contributed by atoms with Gasteiger partial charge in [0, 0.05) is 0 Å². The van der Waals surface area contributed by atoms with E-state index in [2.05, 4.69) is 10.2 Å². The molecule has 7 heteroatoms. The van der Waals surface area contributed by atoms with Gasteiger partial charge in [-0.15, -0.1) is 5.10 Å². The molecule has 0 N–H and O–H groups in total. The Morgan fingerprint density at radius 3 is 2.10 bits per heavy atom. The van der Waals surface area contributed by atoms with Crippen molar-refractivity contribution in [3.8, 4) is 5.19 Å². The molecule has 0 unspecified atom stereocenters. The molecule has 0 aromatic carbocycles. The van der Waals surface area contributed by atoms with Crippen molar-refractivity contribution in [1.29, 1.82) is 0 Å². The molecule has 1 aromatic rings. The van der Waals surface area contributed by atoms with Gasteiger partial charge < -0.3 is 0 Å². The third-order valence-corrected chi connectivity index (χ3v) is 1.41. The maximum Gasteiger partial charge on any atom is 0.445 e. The molecule has 0 amide bonds. The van der Waals surface area contributed by atoms with Crippen LogP contribution < -0.4 is 0 Å². The predicted molar refractivity (Wildman–Crippen MR) is 25.0 cm³/mol. The first kappa shape index (κ1) is 7.26. The van der Waals surface area contributed by atoms with E-state index in [4.69, 9.17) is 0 Å². The largest absolute Gasteiger partial charge is 0.445 e. The summed E-state index contributed by atoms with van der Waals surface area (Å²) >= 11 is -0.00810. The molecule has 0 fully saturated rings. The molecule has 0 aliphatic rings. The van der Waals surface area contributed by atoms with E-state index in [-0.39, 0.29) is 11.3 Å². The zero-order valence-electron chi connectivity index (χ0n) is 4.34. The van der Waals surface area contributed by atoms with Gasteiger partial charge >= 0.3 is 11.4 Å². The second-order valence-electron chi connectivity index (χ2n) is 1.37. The van der Waals surface area contributed by atoms with Gasteiger partial charge in [-0.2, -0.15) is 13.2 Å². The van der Waals surface area contributed by atoms with E-state index in [9.17, 15) is 18.3 Å². The first-order chi connectivity index (χ1) is 4.50. The van der Waals surface area contributed by atoms with Crippen LogP contribution in [0, 0.1) is 0 Å². The molecule has 0 saturated carbocycles. The van der Waals surface area contributed by atoms with Gasteiger partial charge in [0.2, 0.25) is 5.01 Å². The monoisotopic (exact) mass is 169 g/mol. The third-order valence-electron chi connectivity index (χ3n) is 0.649. The molecule has 0 atom stereocenters. The lowest BCUT2D eigenvalue weighted by Gasteiger charge is -1.96. The van der Waals surface area contributed by atoms with Gasteiger partial charge in [-0.05, 0) is 11.3 Å². The first-order valence-electron chi connectivity index (χ1n) is 2.08. The smallest absolute Gasteiger partial charge is 0.253 e. The molecule has 3 nitrogen and oxygen atoms in total. The summed E-state index contributed by atoms with van der Waals surface area (Å²) < 4.78 is 34.7. The van der Waals surface area contributed by atoms with Crippen LogP contribution in [0.4, 0.5) is 13.2 Å². The Morgan fingerprint density at radius 1 is 1.30 bits per heavy atom. The van der Waals surface area contributed by atoms with E-state index >= 15 is 0 Å². The van der Waals surface area contributed by atoms with Crippen molar-refractivity contribution in [1.82, 2.24) is 10.2 Å². The second kappa shape index (κ2) is 2.08. The molecular weight excluding hydrogens is 169 g/mol. The van der Waals surface area contributed by atoms with Crippen LogP contribution in [0.1, 0.15) is 5.01 Å². The molecule has 0 spiro atoms. The standard InChI is InChI=1S/C3F3N2OS/c4-3(5,6)1-7-8-2(9)10-1. The zero-order chi connectivity index (χ0) is 7.78. The third kappa shape index (κ3) is 1.35. The van der Waals surface area contributed by atoms with Crippen LogP contribution in [-0.4, -0.2) is 10.2 Å². The Morgan fingerprint density at radius 2 is 1.90 bits per heavy atom. The lowest BCUT2D eigenvalue weighted by molar-refractivity contribution is -0.138. The number of rotatable bonds is 0. The summed E-state index contributed by atoms with van der Waals surface area (Å²) in [5, 5.41) is 13.3. The van der Waals surface area contributed by atoms with Gasteiger partial charge in [-0.3, -0.25) is 5.11 Å². The van der Waals surface area contributed by atoms with Gasteiger partial charge in [0.25, 0.3) is 0 Å². The number of hydrogen-bond donors (Lipinski definition) is 0. The number of halogens is 3. The molecular formula is C3F3N2OS. The van der Waals surface area contributed by atoms with Crippen LogP contribution in [0.2, 0.25) is 0 Å². The molecule has 1 aromatic heterocycles. The minimum absolute atomic E-state index is 0.00810. The maximum absolute atomic E-state index is 11.6. The molecule has 1 radical (unpaired) electrons. The highest BCUT2D eigenvalue weighted by atomic mass is 32.1. The quantitative estimate of drug-likeness (QED) is 0.593. The average Bonchev–Trinajstić information content (AvgIpc) is 2.11. The number of aromatic nitrogens is 2. The zero-order valence-corrected chi connectivity index (χ0v) is 5.16. The molecule has 1 heterocycles. The van der Waals surface area contributed by atoms with Crippen molar-refractivity contribution in [3.05, 3.63) is 5.01 Å². The molecule has 55 valence electrons. The first-order valence-corrected chi connectivity index (χ1v) is 2.89. The van der Waals surface area contributed by atoms with E-state index in [0.717, 1.165) is 0 Å². The van der Waals surface area contributed by atoms with E-state index in [1.807, 2.05) is 0 Å². The minimum Gasteiger partial charge on any atom is -0.253 e. The molecule has 0 bridgehead atoms. The van der Waals surface area contributed by atoms with Gasteiger partial charge in [0.1, 0.15) is 0 Å². The van der Waals surface area contributed by atoms with Gasteiger partial charge in [-0.25, -0.2) is 0 Å². The van der Waals surface area contributed by atoms with Crippen molar-refractivity contribution in [2.24, 2.45) is 0 Å². The predicted octanol–water partition coefficient (Wildman–Crippen LogP) is 1.70. The fourth-order valence-electron chi connectivity index (χ4n) is 0.324. The summed E-state index contributed by atoms with van der Waals surface area (Å²) in [5.74, 6) is 0. The Labute approximate surface area is 57.1 Å². The summed E-state index contributed by atoms with van der Waals surface area (Å²) in [6, 6.07) is 0. The van der Waals surface area contributed by atoms with Crippen molar-refractivity contribution in [2.45, 2.75) is 6.18 Å². The van der Waals surface area contributed by atoms with Crippen molar-refractivity contribution < 1.29 is 18.3 Å². The SMILES string of the molecule is [O]c1nnc(C(F)(F)F)s1. The van der Waals surface area contributed by atoms with E-state index in [0.29, 0.717) is 0 Å². The Balaban J connectivity index is 2.96.